The number of carbonyl (C=O) groups excluding carboxylic acids is 2. The van der Waals surface area contributed by atoms with E-state index in [0.29, 0.717) is 6.42 Å². The number of nitrogens with one attached hydrogen (secondary N) is 1. The van der Waals surface area contributed by atoms with Crippen molar-refractivity contribution in [3.05, 3.63) is 71.8 Å². The van der Waals surface area contributed by atoms with Crippen molar-refractivity contribution in [2.45, 2.75) is 50.9 Å². The highest BCUT2D eigenvalue weighted by Crippen LogP contribution is 2.21. The molecule has 1 fully saturated rings. The van der Waals surface area contributed by atoms with E-state index in [-0.39, 0.29) is 25.9 Å². The molecule has 0 radical (unpaired) electrons. The third-order valence-electron chi connectivity index (χ3n) is 5.89. The molecular weight excluding hydrogens is 438 g/mol. The molecule has 1 aliphatic heterocycles. The molecule has 2 aromatic carbocycles. The van der Waals surface area contributed by atoms with E-state index in [4.69, 9.17) is 0 Å². The summed E-state index contributed by atoms with van der Waals surface area (Å²) in [6.07, 6.45) is 0.920. The van der Waals surface area contributed by atoms with Crippen molar-refractivity contribution >= 4 is 23.9 Å². The van der Waals surface area contributed by atoms with E-state index in [9.17, 15) is 29.4 Å². The van der Waals surface area contributed by atoms with Gasteiger partial charge in [-0.25, -0.2) is 14.5 Å². The fourth-order valence-corrected chi connectivity index (χ4v) is 4.03. The van der Waals surface area contributed by atoms with E-state index < -0.39 is 42.0 Å². The highest BCUT2D eigenvalue weighted by molar-refractivity contribution is 6.03. The zero-order chi connectivity index (χ0) is 24.7. The Bertz CT molecular complexity index is 1010. The van der Waals surface area contributed by atoms with Crippen LogP contribution in [0.5, 0.6) is 0 Å². The Morgan fingerprint density at radius 2 is 1.56 bits per heavy atom. The molecule has 1 saturated heterocycles. The summed E-state index contributed by atoms with van der Waals surface area (Å²) in [5.41, 5.74) is 1.78. The Balaban J connectivity index is 1.73. The first-order valence-corrected chi connectivity index (χ1v) is 11.2. The molecule has 0 saturated carbocycles. The first kappa shape index (κ1) is 24.9. The first-order valence-electron chi connectivity index (χ1n) is 11.2. The third-order valence-corrected chi connectivity index (χ3v) is 5.89. The van der Waals surface area contributed by atoms with Gasteiger partial charge in [0.2, 0.25) is 5.91 Å². The number of hydrogen-bond acceptors (Lipinski definition) is 5. The monoisotopic (exact) mass is 467 g/mol. The minimum Gasteiger partial charge on any atom is -0.480 e. The van der Waals surface area contributed by atoms with Crippen LogP contribution in [0, 0.1) is 0 Å². The van der Waals surface area contributed by atoms with Gasteiger partial charge in [-0.3, -0.25) is 14.9 Å². The van der Waals surface area contributed by atoms with Gasteiger partial charge in [0.25, 0.3) is 0 Å². The fraction of sp³-hybridized carbons (Fsp3) is 0.360. The van der Waals surface area contributed by atoms with E-state index in [1.807, 2.05) is 60.7 Å². The lowest BCUT2D eigenvalue weighted by Gasteiger charge is -2.27. The molecule has 3 rings (SSSR count). The van der Waals surface area contributed by atoms with Gasteiger partial charge in [0.1, 0.15) is 6.04 Å². The molecule has 0 aromatic heterocycles. The van der Waals surface area contributed by atoms with Crippen LogP contribution in [0.15, 0.2) is 60.7 Å². The number of carboxylic acid groups (broad SMARTS) is 2. The molecule has 34 heavy (non-hydrogen) atoms. The molecule has 1 heterocycles. The van der Waals surface area contributed by atoms with E-state index in [2.05, 4.69) is 5.32 Å². The van der Waals surface area contributed by atoms with Crippen molar-refractivity contribution in [1.29, 1.82) is 0 Å². The maximum Gasteiger partial charge on any atom is 0.328 e. The maximum atomic E-state index is 13.3. The lowest BCUT2D eigenvalue weighted by molar-refractivity contribution is -0.147. The summed E-state index contributed by atoms with van der Waals surface area (Å²) < 4.78 is 0. The van der Waals surface area contributed by atoms with Crippen LogP contribution < -0.4 is 5.32 Å². The summed E-state index contributed by atoms with van der Waals surface area (Å²) in [5.74, 6) is -3.14. The van der Waals surface area contributed by atoms with Crippen molar-refractivity contribution in [2.75, 3.05) is 6.54 Å². The van der Waals surface area contributed by atoms with E-state index in [1.54, 1.807) is 6.92 Å². The summed E-state index contributed by atoms with van der Waals surface area (Å²) in [7, 11) is 0. The van der Waals surface area contributed by atoms with Gasteiger partial charge >= 0.3 is 18.0 Å². The highest BCUT2D eigenvalue weighted by atomic mass is 16.4. The number of carbonyl (C=O) groups is 4. The van der Waals surface area contributed by atoms with Gasteiger partial charge in [0, 0.05) is 6.54 Å². The summed E-state index contributed by atoms with van der Waals surface area (Å²) in [6, 6.07) is 14.4. The summed E-state index contributed by atoms with van der Waals surface area (Å²) in [4.78, 5) is 52.1. The van der Waals surface area contributed by atoms with Crippen LogP contribution in [-0.2, 0) is 27.3 Å². The van der Waals surface area contributed by atoms with Gasteiger partial charge in [-0.15, -0.1) is 0 Å². The van der Waals surface area contributed by atoms with Crippen LogP contribution in [-0.4, -0.2) is 68.6 Å². The van der Waals surface area contributed by atoms with Gasteiger partial charge < -0.3 is 15.1 Å². The summed E-state index contributed by atoms with van der Waals surface area (Å²) >= 11 is 0. The summed E-state index contributed by atoms with van der Waals surface area (Å²) in [5, 5.41) is 22.2. The minimum absolute atomic E-state index is 0.137. The van der Waals surface area contributed by atoms with Crippen LogP contribution in [0.25, 0.3) is 0 Å². The quantitative estimate of drug-likeness (QED) is 0.463. The van der Waals surface area contributed by atoms with Crippen LogP contribution in [0.4, 0.5) is 4.79 Å². The van der Waals surface area contributed by atoms with Crippen LogP contribution in [0.2, 0.25) is 0 Å². The molecule has 3 N–H and O–H groups in total. The minimum atomic E-state index is -1.34. The van der Waals surface area contributed by atoms with Gasteiger partial charge in [0.05, 0.1) is 12.6 Å². The predicted octanol–water partition coefficient (Wildman–Crippen LogP) is 2.36. The standard InChI is InChI=1S/C25H29N3O6/c1-2-19(26-20(23(30)31)14-13-17-9-5-3-6-10-17)22(29)28-21(24(32)33)16-27(25(28)34)15-18-11-7-4-8-12-18/h3-12,19-21,26H,2,13-16H2,1H3,(H,30,31)(H,32,33)/t19-,20-,21-/m0/s1. The number of imide groups is 1. The first-order chi connectivity index (χ1) is 16.3. The molecule has 180 valence electrons. The SMILES string of the molecule is CC[C@H](N[C@@H](CCc1ccccc1)C(=O)O)C(=O)N1C(=O)N(Cc2ccccc2)C[C@H]1C(=O)O. The van der Waals surface area contributed by atoms with E-state index in [0.717, 1.165) is 16.0 Å². The molecule has 0 unspecified atom stereocenters. The second kappa shape index (κ2) is 11.4. The lowest BCUT2D eigenvalue weighted by Crippen LogP contribution is -2.55. The van der Waals surface area contributed by atoms with Gasteiger partial charge in [0.15, 0.2) is 6.04 Å². The van der Waals surface area contributed by atoms with Crippen LogP contribution >= 0.6 is 0 Å². The molecule has 9 nitrogen and oxygen atoms in total. The van der Waals surface area contributed by atoms with Crippen LogP contribution in [0.3, 0.4) is 0 Å². The average molecular weight is 468 g/mol. The fourth-order valence-electron chi connectivity index (χ4n) is 4.03. The number of aliphatic carboxylic acids is 2. The van der Waals surface area contributed by atoms with E-state index in [1.165, 1.54) is 4.90 Å². The molecule has 1 aliphatic rings. The van der Waals surface area contributed by atoms with Gasteiger partial charge in [-0.2, -0.15) is 0 Å². The zero-order valence-electron chi connectivity index (χ0n) is 19.0. The Kier molecular flexibility index (Phi) is 8.37. The maximum absolute atomic E-state index is 13.3. The van der Waals surface area contributed by atoms with Crippen molar-refractivity contribution in [2.24, 2.45) is 0 Å². The summed E-state index contributed by atoms with van der Waals surface area (Å²) in [6.45, 7) is 1.72. The van der Waals surface area contributed by atoms with Crippen molar-refractivity contribution in [1.82, 2.24) is 15.1 Å². The Morgan fingerprint density at radius 3 is 2.09 bits per heavy atom. The smallest absolute Gasteiger partial charge is 0.328 e. The van der Waals surface area contributed by atoms with Gasteiger partial charge in [-0.1, -0.05) is 67.6 Å². The van der Waals surface area contributed by atoms with E-state index >= 15 is 0 Å². The molecule has 3 atom stereocenters. The number of hydrogen-bond donors (Lipinski definition) is 3. The molecule has 3 amide bonds. The lowest BCUT2D eigenvalue weighted by atomic mass is 10.0. The van der Waals surface area contributed by atoms with Crippen LogP contribution in [0.1, 0.15) is 30.9 Å². The average Bonchev–Trinajstić information content (AvgIpc) is 3.16. The Labute approximate surface area is 198 Å². The second-order valence-corrected chi connectivity index (χ2v) is 8.25. The number of rotatable bonds is 11. The second-order valence-electron chi connectivity index (χ2n) is 8.25. The molecule has 9 heteroatoms. The Morgan fingerprint density at radius 1 is 0.971 bits per heavy atom. The Hall–Kier alpha value is -3.72. The highest BCUT2D eigenvalue weighted by Gasteiger charge is 2.47. The number of urea groups is 1. The molecular formula is C25H29N3O6. The number of nitrogens with zero attached hydrogens (tertiary/aromatic N) is 2. The number of aryl methyl sites for hydroxylation is 1. The van der Waals surface area contributed by atoms with Crippen molar-refractivity contribution < 1.29 is 29.4 Å². The molecule has 0 spiro atoms. The molecule has 0 bridgehead atoms. The third kappa shape index (κ3) is 5.99. The number of benzene rings is 2. The van der Waals surface area contributed by atoms with Crippen molar-refractivity contribution in [3.63, 3.8) is 0 Å². The topological polar surface area (TPSA) is 127 Å². The number of amides is 3. The predicted molar refractivity (Wildman–Crippen MR) is 124 cm³/mol. The van der Waals surface area contributed by atoms with Gasteiger partial charge in [-0.05, 0) is 30.4 Å². The molecule has 0 aliphatic carbocycles. The molecule has 2 aromatic rings. The number of carboxylic acids is 2. The normalized spacial score (nSPS) is 17.4. The largest absolute Gasteiger partial charge is 0.480 e. The van der Waals surface area contributed by atoms with Crippen molar-refractivity contribution in [3.8, 4) is 0 Å². The zero-order valence-corrected chi connectivity index (χ0v) is 19.0.